The van der Waals surface area contributed by atoms with Crippen molar-refractivity contribution < 1.29 is 4.74 Å². The van der Waals surface area contributed by atoms with Crippen LogP contribution in [0.25, 0.3) is 10.8 Å². The number of nitrogens with two attached hydrogens (primary N) is 1. The van der Waals surface area contributed by atoms with Crippen LogP contribution in [0.2, 0.25) is 0 Å². The number of nitrogen functional groups attached to an aromatic ring is 1. The van der Waals surface area contributed by atoms with Crippen LogP contribution in [0, 0.1) is 18.3 Å². The summed E-state index contributed by atoms with van der Waals surface area (Å²) >= 11 is 0. The fourth-order valence-corrected chi connectivity index (χ4v) is 2.32. The molecule has 3 heteroatoms. The van der Waals surface area contributed by atoms with E-state index in [-0.39, 0.29) is 0 Å². The van der Waals surface area contributed by atoms with E-state index in [1.54, 1.807) is 0 Å². The zero-order valence-electron chi connectivity index (χ0n) is 11.6. The van der Waals surface area contributed by atoms with Crippen LogP contribution in [-0.2, 0) is 0 Å². The molecule has 0 atom stereocenters. The first-order valence-electron chi connectivity index (χ1n) is 6.65. The van der Waals surface area contributed by atoms with Crippen LogP contribution < -0.4 is 10.5 Å². The van der Waals surface area contributed by atoms with Gasteiger partial charge in [-0.05, 0) is 36.8 Å². The fraction of sp³-hybridized carbons (Fsp3) is 0.0556. The maximum atomic E-state index is 9.23. The van der Waals surface area contributed by atoms with Gasteiger partial charge in [-0.3, -0.25) is 0 Å². The summed E-state index contributed by atoms with van der Waals surface area (Å²) in [7, 11) is 0. The molecule has 0 aliphatic heterocycles. The lowest BCUT2D eigenvalue weighted by atomic mass is 10.1. The third-order valence-electron chi connectivity index (χ3n) is 3.39. The van der Waals surface area contributed by atoms with Gasteiger partial charge in [0.2, 0.25) is 0 Å². The number of rotatable bonds is 2. The number of nitriles is 1. The Morgan fingerprint density at radius 1 is 0.952 bits per heavy atom. The minimum absolute atomic E-state index is 0.524. The molecule has 0 saturated heterocycles. The molecule has 0 amide bonds. The van der Waals surface area contributed by atoms with Crippen molar-refractivity contribution in [1.82, 2.24) is 0 Å². The Morgan fingerprint density at radius 2 is 1.67 bits per heavy atom. The highest BCUT2D eigenvalue weighted by atomic mass is 16.5. The Hall–Kier alpha value is -2.99. The van der Waals surface area contributed by atoms with E-state index in [1.165, 1.54) is 0 Å². The predicted molar refractivity (Wildman–Crippen MR) is 84.3 cm³/mol. The molecule has 102 valence electrons. The lowest BCUT2D eigenvalue weighted by Crippen LogP contribution is -1.92. The number of ether oxygens (including phenoxy) is 1. The number of aryl methyl sites for hydroxylation is 1. The molecule has 2 N–H and O–H groups in total. The molecular weight excluding hydrogens is 260 g/mol. The zero-order valence-corrected chi connectivity index (χ0v) is 11.6. The van der Waals surface area contributed by atoms with Gasteiger partial charge in [-0.25, -0.2) is 0 Å². The first-order chi connectivity index (χ1) is 10.2. The van der Waals surface area contributed by atoms with Gasteiger partial charge in [-0.2, -0.15) is 5.26 Å². The molecule has 0 unspecified atom stereocenters. The van der Waals surface area contributed by atoms with Crippen LogP contribution in [0.5, 0.6) is 11.5 Å². The van der Waals surface area contributed by atoms with Gasteiger partial charge in [0.1, 0.15) is 17.6 Å². The number of nitrogens with zero attached hydrogens (tertiary/aromatic N) is 1. The molecule has 0 radical (unpaired) electrons. The molecule has 0 bridgehead atoms. The summed E-state index contributed by atoms with van der Waals surface area (Å²) in [5.74, 6) is 1.25. The summed E-state index contributed by atoms with van der Waals surface area (Å²) in [6.45, 7) is 1.95. The van der Waals surface area contributed by atoms with E-state index in [4.69, 9.17) is 10.5 Å². The number of hydrogen-bond acceptors (Lipinski definition) is 3. The van der Waals surface area contributed by atoms with E-state index in [0.717, 1.165) is 16.3 Å². The summed E-state index contributed by atoms with van der Waals surface area (Å²) in [5.41, 5.74) is 8.25. The van der Waals surface area contributed by atoms with Crippen LogP contribution >= 0.6 is 0 Å². The fourth-order valence-electron chi connectivity index (χ4n) is 2.32. The van der Waals surface area contributed by atoms with Gasteiger partial charge in [0, 0.05) is 16.5 Å². The minimum Gasteiger partial charge on any atom is -0.455 e. The second-order valence-electron chi connectivity index (χ2n) is 4.91. The number of anilines is 1. The summed E-state index contributed by atoms with van der Waals surface area (Å²) in [6, 6.07) is 19.2. The molecule has 21 heavy (non-hydrogen) atoms. The van der Waals surface area contributed by atoms with E-state index in [2.05, 4.69) is 6.07 Å². The summed E-state index contributed by atoms with van der Waals surface area (Å²) < 4.78 is 5.95. The average molecular weight is 274 g/mol. The van der Waals surface area contributed by atoms with Gasteiger partial charge >= 0.3 is 0 Å². The van der Waals surface area contributed by atoms with Gasteiger partial charge < -0.3 is 10.5 Å². The van der Waals surface area contributed by atoms with E-state index < -0.39 is 0 Å². The summed E-state index contributed by atoms with van der Waals surface area (Å²) in [4.78, 5) is 0. The number of hydrogen-bond donors (Lipinski definition) is 1. The molecule has 0 heterocycles. The topological polar surface area (TPSA) is 59.0 Å². The van der Waals surface area contributed by atoms with Crippen LogP contribution in [0.15, 0.2) is 54.6 Å². The van der Waals surface area contributed by atoms with Gasteiger partial charge in [0.15, 0.2) is 0 Å². The molecular formula is C18H14N2O. The van der Waals surface area contributed by atoms with Crippen molar-refractivity contribution in [2.75, 3.05) is 5.73 Å². The Bertz CT molecular complexity index is 863. The Labute approximate surface area is 123 Å². The van der Waals surface area contributed by atoms with Crippen LogP contribution in [0.1, 0.15) is 11.1 Å². The van der Waals surface area contributed by atoms with Crippen LogP contribution in [-0.4, -0.2) is 0 Å². The predicted octanol–water partition coefficient (Wildman–Crippen LogP) is 4.39. The standard InChI is InChI=1S/C18H14N2O/c1-12-6-8-17(13(10-12)11-19)21-18-9-7-16(20)14-4-2-3-5-15(14)18/h2-10H,20H2,1H3. The molecule has 0 aliphatic rings. The molecule has 3 aromatic carbocycles. The third-order valence-corrected chi connectivity index (χ3v) is 3.39. The average Bonchev–Trinajstić information content (AvgIpc) is 2.52. The maximum Gasteiger partial charge on any atom is 0.145 e. The van der Waals surface area contributed by atoms with Crippen molar-refractivity contribution >= 4 is 16.5 Å². The Morgan fingerprint density at radius 3 is 2.43 bits per heavy atom. The first-order valence-corrected chi connectivity index (χ1v) is 6.65. The van der Waals surface area contributed by atoms with Crippen LogP contribution in [0.4, 0.5) is 5.69 Å². The second-order valence-corrected chi connectivity index (χ2v) is 4.91. The third kappa shape index (κ3) is 2.39. The summed E-state index contributed by atoms with van der Waals surface area (Å²) in [5, 5.41) is 11.1. The van der Waals surface area contributed by atoms with Crippen LogP contribution in [0.3, 0.4) is 0 Å². The molecule has 0 aromatic heterocycles. The molecule has 0 spiro atoms. The minimum atomic E-state index is 0.524. The van der Waals surface area contributed by atoms with Gasteiger partial charge in [0.05, 0.1) is 5.56 Å². The lowest BCUT2D eigenvalue weighted by Gasteiger charge is -2.12. The second kappa shape index (κ2) is 5.18. The highest BCUT2D eigenvalue weighted by Gasteiger charge is 2.09. The van der Waals surface area contributed by atoms with Crippen molar-refractivity contribution in [1.29, 1.82) is 5.26 Å². The van der Waals surface area contributed by atoms with Crippen molar-refractivity contribution in [2.45, 2.75) is 6.92 Å². The lowest BCUT2D eigenvalue weighted by molar-refractivity contribution is 0.486. The number of benzene rings is 3. The summed E-state index contributed by atoms with van der Waals surface area (Å²) in [6.07, 6.45) is 0. The molecule has 3 rings (SSSR count). The largest absolute Gasteiger partial charge is 0.455 e. The molecule has 0 aliphatic carbocycles. The van der Waals surface area contributed by atoms with E-state index in [9.17, 15) is 5.26 Å². The highest BCUT2D eigenvalue weighted by Crippen LogP contribution is 2.34. The van der Waals surface area contributed by atoms with Gasteiger partial charge in [-0.15, -0.1) is 0 Å². The molecule has 0 saturated carbocycles. The number of fused-ring (bicyclic) bond motifs is 1. The van der Waals surface area contributed by atoms with Gasteiger partial charge in [0.25, 0.3) is 0 Å². The van der Waals surface area contributed by atoms with Crippen molar-refractivity contribution in [2.24, 2.45) is 0 Å². The SMILES string of the molecule is Cc1ccc(Oc2ccc(N)c3ccccc23)c(C#N)c1. The molecule has 3 aromatic rings. The first kappa shape index (κ1) is 13.0. The molecule has 0 fully saturated rings. The van der Waals surface area contributed by atoms with E-state index in [0.29, 0.717) is 22.7 Å². The smallest absolute Gasteiger partial charge is 0.145 e. The van der Waals surface area contributed by atoms with Crippen molar-refractivity contribution in [3.8, 4) is 17.6 Å². The highest BCUT2D eigenvalue weighted by molar-refractivity contribution is 5.97. The van der Waals surface area contributed by atoms with Gasteiger partial charge in [-0.1, -0.05) is 30.3 Å². The molecule has 3 nitrogen and oxygen atoms in total. The van der Waals surface area contributed by atoms with E-state index in [1.807, 2.05) is 61.5 Å². The monoisotopic (exact) mass is 274 g/mol. The van der Waals surface area contributed by atoms with Crippen molar-refractivity contribution in [3.63, 3.8) is 0 Å². The Balaban J connectivity index is 2.11. The maximum absolute atomic E-state index is 9.23. The van der Waals surface area contributed by atoms with E-state index >= 15 is 0 Å². The normalized spacial score (nSPS) is 10.3. The Kier molecular flexibility index (Phi) is 3.21. The quantitative estimate of drug-likeness (QED) is 0.705. The zero-order chi connectivity index (χ0) is 14.8. The van der Waals surface area contributed by atoms with Crippen molar-refractivity contribution in [3.05, 3.63) is 65.7 Å².